The van der Waals surface area contributed by atoms with Gasteiger partial charge in [0.2, 0.25) is 18.3 Å². The molecular weight excluding hydrogens is 480 g/mol. The third-order valence-corrected chi connectivity index (χ3v) is 7.33. The number of esters is 1. The summed E-state index contributed by atoms with van der Waals surface area (Å²) in [4.78, 5) is 13.0. The van der Waals surface area contributed by atoms with E-state index in [1.165, 1.54) is 21.3 Å². The average molecular weight is 515 g/mol. The lowest BCUT2D eigenvalue weighted by atomic mass is 9.73. The Morgan fingerprint density at radius 2 is 1.70 bits per heavy atom. The highest BCUT2D eigenvalue weighted by Gasteiger charge is 2.47. The molecule has 2 aromatic rings. The van der Waals surface area contributed by atoms with Crippen LogP contribution < -0.4 is 28.4 Å². The third kappa shape index (κ3) is 4.21. The zero-order valence-electron chi connectivity index (χ0n) is 22.5. The topological polar surface area (TPSA) is 102 Å². The van der Waals surface area contributed by atoms with Crippen molar-refractivity contribution in [3.05, 3.63) is 34.9 Å². The lowest BCUT2D eigenvalue weighted by Crippen LogP contribution is -2.44. The van der Waals surface area contributed by atoms with E-state index in [-0.39, 0.29) is 12.7 Å². The summed E-state index contributed by atoms with van der Waals surface area (Å²) in [6.45, 7) is 7.05. The molecule has 0 aromatic heterocycles. The summed E-state index contributed by atoms with van der Waals surface area (Å²) in [5, 5.41) is 12.0. The number of benzene rings is 2. The SMILES string of the molecule is C/C=C(\C)C(=O)O[C@H]1c2cc(OC)c(OC)c(OC)c2-c2c(cc3c(c2OC)OCO3)C[C@H](C)[C@]1(C)O. The molecule has 2 aromatic carbocycles. The van der Waals surface area contributed by atoms with Crippen LogP contribution in [0.2, 0.25) is 0 Å². The molecule has 9 nitrogen and oxygen atoms in total. The Morgan fingerprint density at radius 1 is 1.03 bits per heavy atom. The lowest BCUT2D eigenvalue weighted by Gasteiger charge is -2.41. The van der Waals surface area contributed by atoms with Crippen LogP contribution in [-0.4, -0.2) is 51.9 Å². The summed E-state index contributed by atoms with van der Waals surface area (Å²) in [7, 11) is 6.08. The number of rotatable bonds is 6. The predicted molar refractivity (Wildman–Crippen MR) is 136 cm³/mol. The van der Waals surface area contributed by atoms with Crippen LogP contribution in [-0.2, 0) is 16.0 Å². The summed E-state index contributed by atoms with van der Waals surface area (Å²) in [5.74, 6) is 1.60. The number of methoxy groups -OCH3 is 4. The van der Waals surface area contributed by atoms with Gasteiger partial charge in [0, 0.05) is 22.3 Å². The molecule has 0 unspecified atom stereocenters. The highest BCUT2D eigenvalue weighted by Crippen LogP contribution is 2.59. The van der Waals surface area contributed by atoms with Gasteiger partial charge in [-0.2, -0.15) is 0 Å². The van der Waals surface area contributed by atoms with E-state index in [9.17, 15) is 9.90 Å². The quantitative estimate of drug-likeness (QED) is 0.437. The van der Waals surface area contributed by atoms with Crippen LogP contribution >= 0.6 is 0 Å². The van der Waals surface area contributed by atoms with Crippen molar-refractivity contribution < 1.29 is 43.1 Å². The molecule has 37 heavy (non-hydrogen) atoms. The van der Waals surface area contributed by atoms with E-state index in [4.69, 9.17) is 33.2 Å². The van der Waals surface area contributed by atoms with E-state index in [1.807, 2.05) is 13.0 Å². The molecule has 1 aliphatic carbocycles. The highest BCUT2D eigenvalue weighted by atomic mass is 16.7. The van der Waals surface area contributed by atoms with Gasteiger partial charge in [-0.25, -0.2) is 4.79 Å². The Balaban J connectivity index is 2.17. The van der Waals surface area contributed by atoms with E-state index in [0.29, 0.717) is 63.2 Å². The Bertz CT molecular complexity index is 1250. The van der Waals surface area contributed by atoms with Crippen molar-refractivity contribution in [2.75, 3.05) is 35.2 Å². The Labute approximate surface area is 216 Å². The van der Waals surface area contributed by atoms with E-state index in [0.717, 1.165) is 5.56 Å². The number of hydrogen-bond acceptors (Lipinski definition) is 9. The molecule has 0 radical (unpaired) electrons. The fraction of sp³-hybridized carbons (Fsp3) is 0.464. The van der Waals surface area contributed by atoms with Crippen molar-refractivity contribution >= 4 is 5.97 Å². The maximum absolute atomic E-state index is 13.0. The molecule has 0 bridgehead atoms. The molecule has 200 valence electrons. The Hall–Kier alpha value is -3.59. The maximum atomic E-state index is 13.0. The van der Waals surface area contributed by atoms with Gasteiger partial charge in [0.15, 0.2) is 29.1 Å². The van der Waals surface area contributed by atoms with Crippen LogP contribution in [0.25, 0.3) is 11.1 Å². The minimum atomic E-state index is -1.48. The number of carbonyl (C=O) groups excluding carboxylic acids is 1. The zero-order chi connectivity index (χ0) is 27.1. The first-order valence-corrected chi connectivity index (χ1v) is 12.0. The molecule has 0 spiro atoms. The van der Waals surface area contributed by atoms with Crippen molar-refractivity contribution in [2.24, 2.45) is 5.92 Å². The Morgan fingerprint density at radius 3 is 2.30 bits per heavy atom. The molecule has 4 rings (SSSR count). The summed E-state index contributed by atoms with van der Waals surface area (Å²) in [5.41, 5.74) is 1.46. The molecule has 1 heterocycles. The van der Waals surface area contributed by atoms with Crippen LogP contribution in [0.15, 0.2) is 23.8 Å². The highest BCUT2D eigenvalue weighted by molar-refractivity contribution is 5.90. The number of fused-ring (bicyclic) bond motifs is 4. The maximum Gasteiger partial charge on any atom is 0.334 e. The normalized spacial score (nSPS) is 22.2. The van der Waals surface area contributed by atoms with Crippen molar-refractivity contribution in [1.82, 2.24) is 0 Å². The fourth-order valence-corrected chi connectivity index (χ4v) is 4.94. The number of aliphatic hydroxyl groups is 1. The van der Waals surface area contributed by atoms with Gasteiger partial charge in [0.25, 0.3) is 0 Å². The van der Waals surface area contributed by atoms with E-state index in [1.54, 1.807) is 40.0 Å². The van der Waals surface area contributed by atoms with Crippen LogP contribution in [0, 0.1) is 5.92 Å². The minimum absolute atomic E-state index is 0.0562. The first-order valence-electron chi connectivity index (χ1n) is 12.0. The second kappa shape index (κ2) is 10.0. The largest absolute Gasteiger partial charge is 0.493 e. The molecule has 0 saturated carbocycles. The van der Waals surface area contributed by atoms with Gasteiger partial charge in [-0.1, -0.05) is 13.0 Å². The Kier molecular flexibility index (Phi) is 7.19. The standard InChI is InChI=1S/C28H34O9/c1-9-14(2)27(29)37-26-17-12-18(31-5)22(32-6)25(34-8)21(17)20-16(10-15(3)28(26,4)30)11-19-23(24(20)33-7)36-13-35-19/h9,11-12,15,26,30H,10,13H2,1-8H3/b14-9+/t15-,26-,28-/m0/s1. The number of ether oxygens (including phenoxy) is 7. The van der Waals surface area contributed by atoms with Gasteiger partial charge in [-0.3, -0.25) is 0 Å². The molecular formula is C28H34O9. The van der Waals surface area contributed by atoms with Crippen molar-refractivity contribution in [2.45, 2.75) is 45.8 Å². The van der Waals surface area contributed by atoms with E-state index in [2.05, 4.69) is 0 Å². The first kappa shape index (κ1) is 26.5. The molecule has 2 aliphatic rings. The molecule has 9 heteroatoms. The van der Waals surface area contributed by atoms with Crippen molar-refractivity contribution in [3.8, 4) is 45.6 Å². The average Bonchev–Trinajstić information content (AvgIpc) is 3.36. The van der Waals surface area contributed by atoms with Gasteiger partial charge in [0.1, 0.15) is 5.60 Å². The second-order valence-corrected chi connectivity index (χ2v) is 9.38. The molecule has 0 amide bonds. The molecule has 3 atom stereocenters. The number of carbonyl (C=O) groups is 1. The molecule has 1 N–H and O–H groups in total. The molecule has 0 saturated heterocycles. The summed E-state index contributed by atoms with van der Waals surface area (Å²) >= 11 is 0. The smallest absolute Gasteiger partial charge is 0.334 e. The number of allylic oxidation sites excluding steroid dienone is 1. The van der Waals surface area contributed by atoms with Gasteiger partial charge in [-0.05, 0) is 50.8 Å². The summed E-state index contributed by atoms with van der Waals surface area (Å²) in [6, 6.07) is 3.60. The monoisotopic (exact) mass is 514 g/mol. The van der Waals surface area contributed by atoms with Crippen LogP contribution in [0.3, 0.4) is 0 Å². The third-order valence-electron chi connectivity index (χ3n) is 7.33. The summed E-state index contributed by atoms with van der Waals surface area (Å²) < 4.78 is 40.6. The van der Waals surface area contributed by atoms with Crippen LogP contribution in [0.5, 0.6) is 34.5 Å². The lowest BCUT2D eigenvalue weighted by molar-refractivity contribution is -0.166. The van der Waals surface area contributed by atoms with E-state index >= 15 is 0 Å². The summed E-state index contributed by atoms with van der Waals surface area (Å²) in [6.07, 6.45) is 0.998. The molecule has 0 fully saturated rings. The van der Waals surface area contributed by atoms with Gasteiger partial charge in [0.05, 0.1) is 28.4 Å². The molecule has 1 aliphatic heterocycles. The van der Waals surface area contributed by atoms with Gasteiger partial charge in [-0.15, -0.1) is 0 Å². The van der Waals surface area contributed by atoms with Gasteiger partial charge < -0.3 is 38.3 Å². The fourth-order valence-electron chi connectivity index (χ4n) is 4.94. The first-order chi connectivity index (χ1) is 17.6. The van der Waals surface area contributed by atoms with Crippen molar-refractivity contribution in [1.29, 1.82) is 0 Å². The van der Waals surface area contributed by atoms with E-state index < -0.39 is 17.7 Å². The van der Waals surface area contributed by atoms with Crippen LogP contribution in [0.4, 0.5) is 0 Å². The zero-order valence-corrected chi connectivity index (χ0v) is 22.5. The predicted octanol–water partition coefficient (Wildman–Crippen LogP) is 4.61. The van der Waals surface area contributed by atoms with Crippen LogP contribution in [0.1, 0.15) is 44.9 Å². The minimum Gasteiger partial charge on any atom is -0.493 e. The van der Waals surface area contributed by atoms with Gasteiger partial charge >= 0.3 is 5.97 Å². The number of hydrogen-bond donors (Lipinski definition) is 1. The van der Waals surface area contributed by atoms with Crippen molar-refractivity contribution in [3.63, 3.8) is 0 Å². The second-order valence-electron chi connectivity index (χ2n) is 9.38.